The molecular formula is C16H18N2O3. The van der Waals surface area contributed by atoms with E-state index in [-0.39, 0.29) is 11.4 Å². The van der Waals surface area contributed by atoms with E-state index in [0.717, 1.165) is 6.42 Å². The predicted molar refractivity (Wildman–Crippen MR) is 80.4 cm³/mol. The average Bonchev–Trinajstić information content (AvgIpc) is 2.41. The SMILES string of the molecule is O=c1[nH]c(=O)n(CCC2CCC2)c(O)c1-c1ccccc1. The molecule has 1 aliphatic carbocycles. The quantitative estimate of drug-likeness (QED) is 0.903. The first-order valence-corrected chi connectivity index (χ1v) is 7.28. The van der Waals surface area contributed by atoms with E-state index >= 15 is 0 Å². The summed E-state index contributed by atoms with van der Waals surface area (Å²) in [6.45, 7) is 0.436. The van der Waals surface area contributed by atoms with Crippen molar-refractivity contribution >= 4 is 0 Å². The van der Waals surface area contributed by atoms with Crippen molar-refractivity contribution in [3.8, 4) is 17.0 Å². The molecule has 1 aliphatic rings. The van der Waals surface area contributed by atoms with Gasteiger partial charge in [-0.05, 0) is 17.9 Å². The van der Waals surface area contributed by atoms with Crippen LogP contribution >= 0.6 is 0 Å². The number of H-pyrrole nitrogens is 1. The molecule has 1 aromatic heterocycles. The number of aromatic nitrogens is 2. The number of hydrogen-bond acceptors (Lipinski definition) is 3. The fourth-order valence-corrected chi connectivity index (χ4v) is 2.73. The van der Waals surface area contributed by atoms with Crippen molar-refractivity contribution in [1.29, 1.82) is 0 Å². The third-order valence-corrected chi connectivity index (χ3v) is 4.22. The number of aromatic hydroxyl groups is 1. The maximum Gasteiger partial charge on any atom is 0.331 e. The van der Waals surface area contributed by atoms with Crippen molar-refractivity contribution in [1.82, 2.24) is 9.55 Å². The van der Waals surface area contributed by atoms with Gasteiger partial charge >= 0.3 is 5.69 Å². The van der Waals surface area contributed by atoms with Gasteiger partial charge in [0.25, 0.3) is 5.56 Å². The van der Waals surface area contributed by atoms with Crippen LogP contribution in [0.4, 0.5) is 0 Å². The van der Waals surface area contributed by atoms with E-state index in [0.29, 0.717) is 18.0 Å². The molecule has 0 atom stereocenters. The molecule has 0 amide bonds. The second-order valence-corrected chi connectivity index (χ2v) is 5.56. The van der Waals surface area contributed by atoms with Crippen LogP contribution in [0.1, 0.15) is 25.7 Å². The summed E-state index contributed by atoms with van der Waals surface area (Å²) >= 11 is 0. The van der Waals surface area contributed by atoms with Gasteiger partial charge in [0.05, 0.1) is 0 Å². The summed E-state index contributed by atoms with van der Waals surface area (Å²) in [6.07, 6.45) is 4.47. The van der Waals surface area contributed by atoms with Crippen LogP contribution in [-0.2, 0) is 6.54 Å². The zero-order chi connectivity index (χ0) is 14.8. The van der Waals surface area contributed by atoms with Crippen LogP contribution in [0.3, 0.4) is 0 Å². The fourth-order valence-electron chi connectivity index (χ4n) is 2.73. The first kappa shape index (κ1) is 13.7. The fraction of sp³-hybridized carbons (Fsp3) is 0.375. The zero-order valence-corrected chi connectivity index (χ0v) is 11.7. The van der Waals surface area contributed by atoms with E-state index in [9.17, 15) is 14.7 Å². The maximum absolute atomic E-state index is 12.0. The molecule has 2 N–H and O–H groups in total. The van der Waals surface area contributed by atoms with Gasteiger partial charge in [0.1, 0.15) is 5.56 Å². The van der Waals surface area contributed by atoms with Crippen LogP contribution in [-0.4, -0.2) is 14.7 Å². The maximum atomic E-state index is 12.0. The standard InChI is InChI=1S/C16H18N2O3/c19-14-13(12-7-2-1-3-8-12)15(20)18(16(21)17-14)10-9-11-5-4-6-11/h1-3,7-8,11,20H,4-6,9-10H2,(H,17,19,21). The molecular weight excluding hydrogens is 268 g/mol. The molecule has 21 heavy (non-hydrogen) atoms. The summed E-state index contributed by atoms with van der Waals surface area (Å²) in [7, 11) is 0. The Hall–Kier alpha value is -2.30. The topological polar surface area (TPSA) is 75.1 Å². The van der Waals surface area contributed by atoms with Crippen molar-refractivity contribution in [3.63, 3.8) is 0 Å². The lowest BCUT2D eigenvalue weighted by Gasteiger charge is -2.25. The van der Waals surface area contributed by atoms with E-state index in [1.807, 2.05) is 6.07 Å². The lowest BCUT2D eigenvalue weighted by Crippen LogP contribution is -2.31. The van der Waals surface area contributed by atoms with Crippen molar-refractivity contribution < 1.29 is 5.11 Å². The van der Waals surface area contributed by atoms with Crippen molar-refractivity contribution in [2.45, 2.75) is 32.2 Å². The molecule has 1 saturated carbocycles. The molecule has 0 aliphatic heterocycles. The molecule has 0 radical (unpaired) electrons. The molecule has 5 heteroatoms. The summed E-state index contributed by atoms with van der Waals surface area (Å²) < 4.78 is 1.27. The Morgan fingerprint density at radius 3 is 2.52 bits per heavy atom. The summed E-state index contributed by atoms with van der Waals surface area (Å²) in [5, 5.41) is 10.4. The van der Waals surface area contributed by atoms with Gasteiger partial charge in [-0.2, -0.15) is 0 Å². The van der Waals surface area contributed by atoms with E-state index in [1.165, 1.54) is 23.8 Å². The summed E-state index contributed by atoms with van der Waals surface area (Å²) in [6, 6.07) is 8.90. The molecule has 3 rings (SSSR count). The molecule has 1 aromatic carbocycles. The molecule has 1 fully saturated rings. The summed E-state index contributed by atoms with van der Waals surface area (Å²) in [5.41, 5.74) is -0.336. The van der Waals surface area contributed by atoms with Gasteiger partial charge in [0.15, 0.2) is 0 Å². The second kappa shape index (κ2) is 5.60. The van der Waals surface area contributed by atoms with E-state index in [2.05, 4.69) is 4.98 Å². The molecule has 0 unspecified atom stereocenters. The van der Waals surface area contributed by atoms with Crippen LogP contribution in [0.2, 0.25) is 0 Å². The summed E-state index contributed by atoms with van der Waals surface area (Å²) in [4.78, 5) is 26.2. The molecule has 0 bridgehead atoms. The highest BCUT2D eigenvalue weighted by molar-refractivity contribution is 5.67. The van der Waals surface area contributed by atoms with Gasteiger partial charge < -0.3 is 5.11 Å². The lowest BCUT2D eigenvalue weighted by atomic mass is 9.83. The average molecular weight is 286 g/mol. The van der Waals surface area contributed by atoms with Crippen LogP contribution in [0.25, 0.3) is 11.1 Å². The number of nitrogens with one attached hydrogen (secondary N) is 1. The first-order chi connectivity index (χ1) is 10.2. The Bertz CT molecular complexity index is 742. The van der Waals surface area contributed by atoms with E-state index < -0.39 is 11.2 Å². The normalized spacial score (nSPS) is 14.9. The van der Waals surface area contributed by atoms with Gasteiger partial charge in [0.2, 0.25) is 5.88 Å². The number of rotatable bonds is 4. The van der Waals surface area contributed by atoms with Gasteiger partial charge in [-0.25, -0.2) is 4.79 Å². The van der Waals surface area contributed by atoms with Crippen molar-refractivity contribution in [2.24, 2.45) is 5.92 Å². The minimum atomic E-state index is -0.552. The van der Waals surface area contributed by atoms with E-state index in [1.54, 1.807) is 24.3 Å². The van der Waals surface area contributed by atoms with Gasteiger partial charge in [-0.3, -0.25) is 14.3 Å². The highest BCUT2D eigenvalue weighted by atomic mass is 16.3. The van der Waals surface area contributed by atoms with Crippen LogP contribution in [0, 0.1) is 5.92 Å². The third-order valence-electron chi connectivity index (χ3n) is 4.22. The zero-order valence-electron chi connectivity index (χ0n) is 11.7. The molecule has 110 valence electrons. The molecule has 0 saturated heterocycles. The second-order valence-electron chi connectivity index (χ2n) is 5.56. The number of aromatic amines is 1. The first-order valence-electron chi connectivity index (χ1n) is 7.28. The number of hydrogen-bond donors (Lipinski definition) is 2. The molecule has 1 heterocycles. The highest BCUT2D eigenvalue weighted by Crippen LogP contribution is 2.30. The largest absolute Gasteiger partial charge is 0.494 e. The lowest BCUT2D eigenvalue weighted by molar-refractivity contribution is 0.273. The van der Waals surface area contributed by atoms with Crippen molar-refractivity contribution in [2.75, 3.05) is 0 Å². The number of benzene rings is 1. The van der Waals surface area contributed by atoms with Crippen LogP contribution in [0.15, 0.2) is 39.9 Å². The smallest absolute Gasteiger partial charge is 0.331 e. The monoisotopic (exact) mass is 286 g/mol. The minimum absolute atomic E-state index is 0.156. The summed E-state index contributed by atoms with van der Waals surface area (Å²) in [5.74, 6) is 0.387. The number of nitrogens with zero attached hydrogens (tertiary/aromatic N) is 1. The Balaban J connectivity index is 2.00. The van der Waals surface area contributed by atoms with Gasteiger partial charge in [0, 0.05) is 6.54 Å². The highest BCUT2D eigenvalue weighted by Gasteiger charge is 2.20. The Labute approximate surface area is 121 Å². The predicted octanol–water partition coefficient (Wildman–Crippen LogP) is 2.10. The third kappa shape index (κ3) is 2.63. The Morgan fingerprint density at radius 2 is 1.90 bits per heavy atom. The Kier molecular flexibility index (Phi) is 3.64. The molecule has 0 spiro atoms. The molecule has 2 aromatic rings. The van der Waals surface area contributed by atoms with Crippen LogP contribution < -0.4 is 11.2 Å². The van der Waals surface area contributed by atoms with Crippen LogP contribution in [0.5, 0.6) is 5.88 Å². The van der Waals surface area contributed by atoms with E-state index in [4.69, 9.17) is 0 Å². The van der Waals surface area contributed by atoms with Gasteiger partial charge in [-0.15, -0.1) is 0 Å². The minimum Gasteiger partial charge on any atom is -0.494 e. The molecule has 5 nitrogen and oxygen atoms in total. The van der Waals surface area contributed by atoms with Gasteiger partial charge in [-0.1, -0.05) is 49.6 Å². The Morgan fingerprint density at radius 1 is 1.19 bits per heavy atom. The van der Waals surface area contributed by atoms with Crippen molar-refractivity contribution in [3.05, 3.63) is 51.2 Å².